The molecule has 0 aliphatic carbocycles. The number of hydrogen-bond donors (Lipinski definition) is 0. The summed E-state index contributed by atoms with van der Waals surface area (Å²) < 4.78 is 0. The van der Waals surface area contributed by atoms with Crippen molar-refractivity contribution in [3.05, 3.63) is 245 Å². The second-order valence-electron chi connectivity index (χ2n) is 3.58. The largest absolute Gasteiger partial charge is 4.00 e. The van der Waals surface area contributed by atoms with E-state index in [-0.39, 0.29) is 79.2 Å². The van der Waals surface area contributed by atoms with Crippen LogP contribution in [-0.2, 0) is 79.2 Å². The van der Waals surface area contributed by atoms with Crippen LogP contribution in [0.5, 0.6) is 0 Å². The summed E-state index contributed by atoms with van der Waals surface area (Å²) in [4.78, 5) is 132. The SMILES string of the molecule is O=[N+]([O-])[O-].O=[N+]([O-])[O-].O=[N+]([O-])[O-].O=[N+]([O-])[O-].O=[N+]([O-])[O-].O=[N+]([O-])[O-].O=[N+]([O-])[O-].O=[N+]([O-])[O-].O=[N+]([O-])[O-].O=[N+]([O-])[O-].O=[N+]([O-])[O-].O=[N+]([O-])[O-].O=[N+]([O-])[O-].O=[N+]([O-])[O-].O=[N+]([O-])[O-].O=[N+]([O-])[O-].[Os+4].[Os+4].[Os+4].[Os+4]. The van der Waals surface area contributed by atoms with Crippen molar-refractivity contribution in [2.75, 3.05) is 0 Å². The van der Waals surface area contributed by atoms with Crippen LogP contribution in [0.15, 0.2) is 0 Å². The average Bonchev–Trinajstić information content (AvgIpc) is 2.83. The zero-order valence-electron chi connectivity index (χ0n) is 28.2. The Labute approximate surface area is 405 Å². The van der Waals surface area contributed by atoms with Crippen molar-refractivity contribution < 1.29 is 161 Å². The molecule has 0 aromatic carbocycles. The van der Waals surface area contributed by atoms with Crippen LogP contribution in [0.25, 0.3) is 0 Å². The van der Waals surface area contributed by atoms with Gasteiger partial charge in [-0.2, -0.15) is 0 Å². The van der Waals surface area contributed by atoms with E-state index < -0.39 is 81.4 Å². The van der Waals surface area contributed by atoms with Gasteiger partial charge in [-0.3, -0.25) is 0 Å². The third-order valence-corrected chi connectivity index (χ3v) is 0. The van der Waals surface area contributed by atoms with E-state index in [1.165, 1.54) is 0 Å². The van der Waals surface area contributed by atoms with Crippen LogP contribution in [0.2, 0.25) is 0 Å². The Bertz CT molecular complexity index is 826. The first-order valence-electron chi connectivity index (χ1n) is 8.76. The quantitative estimate of drug-likeness (QED) is 0.166. The summed E-state index contributed by atoms with van der Waals surface area (Å²) in [5.74, 6) is 0. The van der Waals surface area contributed by atoms with E-state index in [1.807, 2.05) is 0 Å². The molecule has 68 heavy (non-hydrogen) atoms. The first-order valence-corrected chi connectivity index (χ1v) is 8.76. The molecule has 0 atom stereocenters. The monoisotopic (exact) mass is 1760 g/mol. The molecule has 0 rings (SSSR count). The summed E-state index contributed by atoms with van der Waals surface area (Å²) in [6.07, 6.45) is 0. The van der Waals surface area contributed by atoms with Gasteiger partial charge in [0.2, 0.25) is 0 Å². The topological polar surface area (TPSA) is 1060 Å². The summed E-state index contributed by atoms with van der Waals surface area (Å²) in [6.45, 7) is 0. The predicted molar refractivity (Wildman–Crippen MR) is 166 cm³/mol. The minimum absolute atomic E-state index is 0. The van der Waals surface area contributed by atoms with E-state index in [0.717, 1.165) is 0 Å². The van der Waals surface area contributed by atoms with Crippen molar-refractivity contribution in [1.82, 2.24) is 0 Å². The van der Waals surface area contributed by atoms with Gasteiger partial charge in [0.25, 0.3) is 0 Å². The maximum Gasteiger partial charge on any atom is 4.00 e. The van der Waals surface area contributed by atoms with Gasteiger partial charge < -0.3 is 245 Å². The summed E-state index contributed by atoms with van der Waals surface area (Å²) in [7, 11) is 0. The van der Waals surface area contributed by atoms with Gasteiger partial charge in [-0.15, -0.1) is 0 Å². The molecule has 0 spiro atoms. The van der Waals surface area contributed by atoms with Crippen molar-refractivity contribution in [3.63, 3.8) is 0 Å². The first-order chi connectivity index (χ1) is 27.7. The van der Waals surface area contributed by atoms with Crippen LogP contribution in [0.1, 0.15) is 0 Å². The molecule has 0 heterocycles. The average molecular weight is 1750 g/mol. The molecule has 0 saturated heterocycles. The fraction of sp³-hybridized carbons (Fsp3) is 0. The molecule has 0 amide bonds. The predicted octanol–water partition coefficient (Wildman–Crippen LogP) is -3.84. The maximum atomic E-state index is 8.25. The van der Waals surface area contributed by atoms with Crippen molar-refractivity contribution in [2.45, 2.75) is 0 Å². The molecule has 0 N–H and O–H groups in total. The van der Waals surface area contributed by atoms with E-state index in [2.05, 4.69) is 0 Å². The van der Waals surface area contributed by atoms with Crippen LogP contribution < -0.4 is 0 Å². The molecule has 0 fully saturated rings. The summed E-state index contributed by atoms with van der Waals surface area (Å²) in [6, 6.07) is 0. The first kappa shape index (κ1) is 131. The minimum atomic E-state index is -1.75. The van der Waals surface area contributed by atoms with Gasteiger partial charge in [0.15, 0.2) is 0 Å². The molecular weight excluding hydrogens is 1750 g/mol. The zero-order valence-corrected chi connectivity index (χ0v) is 38.3. The minimum Gasteiger partial charge on any atom is -0.356 e. The van der Waals surface area contributed by atoms with Crippen LogP contribution in [0.4, 0.5) is 0 Å². The van der Waals surface area contributed by atoms with Crippen molar-refractivity contribution in [3.8, 4) is 0 Å². The van der Waals surface area contributed by atoms with E-state index in [9.17, 15) is 0 Å². The van der Waals surface area contributed by atoms with E-state index in [0.29, 0.717) is 0 Å². The Hall–Kier alpha value is -10.3. The molecule has 0 aliphatic rings. The summed E-state index contributed by atoms with van der Waals surface area (Å²) >= 11 is 0. The van der Waals surface area contributed by atoms with Crippen molar-refractivity contribution >= 4 is 0 Å². The Morgan fingerprint density at radius 3 is 0.103 bits per heavy atom. The number of hydrogen-bond acceptors (Lipinski definition) is 48. The van der Waals surface area contributed by atoms with Gasteiger partial charge in [0, 0.05) is 0 Å². The maximum absolute atomic E-state index is 8.25. The zero-order chi connectivity index (χ0) is 57.2. The molecule has 400 valence electrons. The van der Waals surface area contributed by atoms with Gasteiger partial charge in [0.1, 0.15) is 0 Å². The van der Waals surface area contributed by atoms with Crippen LogP contribution >= 0.6 is 0 Å². The van der Waals surface area contributed by atoms with Crippen LogP contribution in [0.3, 0.4) is 0 Å². The van der Waals surface area contributed by atoms with Gasteiger partial charge in [0.05, 0.1) is 81.4 Å². The Balaban J connectivity index is -0.0000000200. The number of nitrogens with zero attached hydrogens (tertiary/aromatic N) is 16. The van der Waals surface area contributed by atoms with Crippen LogP contribution in [-0.4, -0.2) is 81.4 Å². The fourth-order valence-corrected chi connectivity index (χ4v) is 0. The third kappa shape index (κ3) is 1590. The smallest absolute Gasteiger partial charge is 0.356 e. The molecular formula is N16O48Os4. The van der Waals surface area contributed by atoms with Gasteiger partial charge in [-0.1, -0.05) is 0 Å². The molecule has 0 unspecified atom stereocenters. The molecule has 0 radical (unpaired) electrons. The Morgan fingerprint density at radius 2 is 0.103 bits per heavy atom. The second kappa shape index (κ2) is 124. The normalized spacial score (nSPS) is 5.65. The fourth-order valence-electron chi connectivity index (χ4n) is 0. The van der Waals surface area contributed by atoms with Gasteiger partial charge in [-0.05, 0) is 0 Å². The summed E-state index contributed by atoms with van der Waals surface area (Å²) in [5, 5.41) is 236. The van der Waals surface area contributed by atoms with Crippen molar-refractivity contribution in [1.29, 1.82) is 0 Å². The molecule has 0 aromatic heterocycles. The Morgan fingerprint density at radius 1 is 0.103 bits per heavy atom. The molecule has 0 saturated carbocycles. The molecule has 0 aromatic rings. The second-order valence-corrected chi connectivity index (χ2v) is 3.58. The molecule has 68 heteroatoms. The molecule has 0 aliphatic heterocycles. The number of rotatable bonds is 0. The Kier molecular flexibility index (Phi) is 238. The van der Waals surface area contributed by atoms with E-state index in [4.69, 9.17) is 245 Å². The van der Waals surface area contributed by atoms with Crippen LogP contribution in [0, 0.1) is 245 Å². The third-order valence-electron chi connectivity index (χ3n) is 0. The molecule has 0 bridgehead atoms. The van der Waals surface area contributed by atoms with E-state index in [1.54, 1.807) is 0 Å². The standard InChI is InChI=1S/16NO3.4Os/c16*2-1(3)4;;;;/q16*-1;4*+4. The van der Waals surface area contributed by atoms with Gasteiger partial charge >= 0.3 is 79.2 Å². The summed E-state index contributed by atoms with van der Waals surface area (Å²) in [5.41, 5.74) is 0. The van der Waals surface area contributed by atoms with Crippen molar-refractivity contribution in [2.24, 2.45) is 0 Å². The molecule has 64 nitrogen and oxygen atoms in total. The van der Waals surface area contributed by atoms with E-state index >= 15 is 0 Å². The van der Waals surface area contributed by atoms with Gasteiger partial charge in [-0.25, -0.2) is 0 Å².